The van der Waals surface area contributed by atoms with Gasteiger partial charge < -0.3 is 10.6 Å². The Bertz CT molecular complexity index is 343. The van der Waals surface area contributed by atoms with Crippen molar-refractivity contribution in [2.45, 2.75) is 45.2 Å². The Labute approximate surface area is 107 Å². The minimum atomic E-state index is -0.561. The third-order valence-corrected chi connectivity index (χ3v) is 3.03. The Morgan fingerprint density at radius 2 is 2.17 bits per heavy atom. The third-order valence-electron chi connectivity index (χ3n) is 3.03. The van der Waals surface area contributed by atoms with Crippen molar-refractivity contribution in [1.29, 1.82) is 0 Å². The molecule has 1 fully saturated rings. The molecule has 6 nitrogen and oxygen atoms in total. The van der Waals surface area contributed by atoms with E-state index in [1.165, 1.54) is 7.05 Å². The lowest BCUT2D eigenvalue weighted by molar-refractivity contribution is -0.149. The molecule has 18 heavy (non-hydrogen) atoms. The van der Waals surface area contributed by atoms with Crippen LogP contribution in [0.1, 0.15) is 33.1 Å². The van der Waals surface area contributed by atoms with Gasteiger partial charge in [0.25, 0.3) is 5.91 Å². The number of likely N-dealkylation sites (tertiary alicyclic amines) is 1. The maximum Gasteiger partial charge on any atom is 0.251 e. The van der Waals surface area contributed by atoms with Crippen molar-refractivity contribution in [2.75, 3.05) is 13.6 Å². The summed E-state index contributed by atoms with van der Waals surface area (Å²) in [5.74, 6) is -0.674. The number of nitrogens with zero attached hydrogens (tertiary/aromatic N) is 1. The summed E-state index contributed by atoms with van der Waals surface area (Å²) >= 11 is 0. The van der Waals surface area contributed by atoms with Crippen LogP contribution in [-0.4, -0.2) is 48.3 Å². The number of amides is 3. The van der Waals surface area contributed by atoms with E-state index < -0.39 is 6.04 Å². The SMILES string of the molecule is CCNC(C)CC(=O)NC1CCC(=O)N(C)C1=O. The summed E-state index contributed by atoms with van der Waals surface area (Å²) in [6, 6.07) is -0.484. The molecule has 1 aliphatic rings. The van der Waals surface area contributed by atoms with Crippen molar-refractivity contribution in [2.24, 2.45) is 0 Å². The van der Waals surface area contributed by atoms with E-state index in [0.29, 0.717) is 19.3 Å². The zero-order chi connectivity index (χ0) is 13.7. The van der Waals surface area contributed by atoms with E-state index in [9.17, 15) is 14.4 Å². The number of likely N-dealkylation sites (N-methyl/N-ethyl adjacent to an activating group) is 1. The predicted octanol–water partition coefficient (Wildman–Crippen LogP) is -0.362. The highest BCUT2D eigenvalue weighted by atomic mass is 16.2. The highest BCUT2D eigenvalue weighted by molar-refractivity contribution is 6.01. The van der Waals surface area contributed by atoms with Crippen molar-refractivity contribution in [1.82, 2.24) is 15.5 Å². The van der Waals surface area contributed by atoms with Gasteiger partial charge in [-0.15, -0.1) is 0 Å². The van der Waals surface area contributed by atoms with Gasteiger partial charge in [-0.3, -0.25) is 19.3 Å². The number of rotatable bonds is 5. The number of imide groups is 1. The zero-order valence-electron chi connectivity index (χ0n) is 11.2. The first-order chi connectivity index (χ1) is 8.45. The van der Waals surface area contributed by atoms with Gasteiger partial charge in [0.05, 0.1) is 0 Å². The van der Waals surface area contributed by atoms with Gasteiger partial charge in [-0.2, -0.15) is 0 Å². The van der Waals surface area contributed by atoms with E-state index in [1.54, 1.807) is 0 Å². The first kappa shape index (κ1) is 14.6. The molecule has 2 unspecified atom stereocenters. The molecule has 102 valence electrons. The fraction of sp³-hybridized carbons (Fsp3) is 0.750. The van der Waals surface area contributed by atoms with Crippen molar-refractivity contribution in [3.63, 3.8) is 0 Å². The first-order valence-electron chi connectivity index (χ1n) is 6.28. The molecule has 1 heterocycles. The lowest BCUT2D eigenvalue weighted by atomic mass is 10.0. The summed E-state index contributed by atoms with van der Waals surface area (Å²) in [7, 11) is 1.45. The van der Waals surface area contributed by atoms with Crippen LogP contribution in [0.4, 0.5) is 0 Å². The van der Waals surface area contributed by atoms with Gasteiger partial charge in [-0.05, 0) is 19.9 Å². The van der Waals surface area contributed by atoms with Crippen LogP contribution in [0.2, 0.25) is 0 Å². The maximum atomic E-state index is 11.8. The van der Waals surface area contributed by atoms with Crippen LogP contribution < -0.4 is 10.6 Å². The van der Waals surface area contributed by atoms with Crippen LogP contribution in [0.3, 0.4) is 0 Å². The lowest BCUT2D eigenvalue weighted by Gasteiger charge is -2.28. The largest absolute Gasteiger partial charge is 0.344 e. The number of hydrogen-bond donors (Lipinski definition) is 2. The van der Waals surface area contributed by atoms with Crippen LogP contribution >= 0.6 is 0 Å². The molecule has 2 N–H and O–H groups in total. The highest BCUT2D eigenvalue weighted by Gasteiger charge is 2.32. The topological polar surface area (TPSA) is 78.5 Å². The molecule has 0 bridgehead atoms. The van der Waals surface area contributed by atoms with Crippen LogP contribution in [0, 0.1) is 0 Å². The van der Waals surface area contributed by atoms with Gasteiger partial charge in [0.1, 0.15) is 6.04 Å². The summed E-state index contributed by atoms with van der Waals surface area (Å²) in [4.78, 5) is 35.8. The van der Waals surface area contributed by atoms with Crippen molar-refractivity contribution in [3.05, 3.63) is 0 Å². The number of nitrogens with one attached hydrogen (secondary N) is 2. The quantitative estimate of drug-likeness (QED) is 0.658. The third kappa shape index (κ3) is 3.80. The van der Waals surface area contributed by atoms with E-state index in [-0.39, 0.29) is 23.8 Å². The number of carbonyl (C=O) groups excluding carboxylic acids is 3. The normalized spacial score (nSPS) is 21.9. The second-order valence-corrected chi connectivity index (χ2v) is 4.61. The molecule has 0 aromatic rings. The zero-order valence-corrected chi connectivity index (χ0v) is 11.2. The second-order valence-electron chi connectivity index (χ2n) is 4.61. The summed E-state index contributed by atoms with van der Waals surface area (Å²) in [6.07, 6.45) is 1.02. The Balaban J connectivity index is 2.45. The molecule has 0 saturated carbocycles. The minimum absolute atomic E-state index is 0.0769. The van der Waals surface area contributed by atoms with E-state index in [4.69, 9.17) is 0 Å². The maximum absolute atomic E-state index is 11.8. The summed E-state index contributed by atoms with van der Waals surface area (Å²) in [6.45, 7) is 4.69. The van der Waals surface area contributed by atoms with Gasteiger partial charge in [0.2, 0.25) is 11.8 Å². The van der Waals surface area contributed by atoms with E-state index >= 15 is 0 Å². The summed E-state index contributed by atoms with van der Waals surface area (Å²) < 4.78 is 0. The predicted molar refractivity (Wildman–Crippen MR) is 66.7 cm³/mol. The molecule has 1 saturated heterocycles. The smallest absolute Gasteiger partial charge is 0.251 e. The van der Waals surface area contributed by atoms with E-state index in [1.807, 2.05) is 13.8 Å². The molecule has 0 aliphatic carbocycles. The molecule has 0 spiro atoms. The molecule has 0 aromatic carbocycles. The Hall–Kier alpha value is -1.43. The average Bonchev–Trinajstić information content (AvgIpc) is 2.30. The molecule has 6 heteroatoms. The van der Waals surface area contributed by atoms with E-state index in [2.05, 4.69) is 10.6 Å². The molecule has 0 aromatic heterocycles. The molecule has 1 rings (SSSR count). The Morgan fingerprint density at radius 3 is 2.78 bits per heavy atom. The number of carbonyl (C=O) groups is 3. The van der Waals surface area contributed by atoms with Crippen LogP contribution in [0.5, 0.6) is 0 Å². The molecule has 1 aliphatic heterocycles. The minimum Gasteiger partial charge on any atom is -0.344 e. The second kappa shape index (κ2) is 6.49. The van der Waals surface area contributed by atoms with Crippen molar-refractivity contribution >= 4 is 17.7 Å². The summed E-state index contributed by atoms with van der Waals surface area (Å²) in [5.41, 5.74) is 0. The Kier molecular flexibility index (Phi) is 5.27. The van der Waals surface area contributed by atoms with Crippen molar-refractivity contribution in [3.8, 4) is 0 Å². The first-order valence-corrected chi connectivity index (χ1v) is 6.28. The van der Waals surface area contributed by atoms with Gasteiger partial charge in [-0.25, -0.2) is 0 Å². The van der Waals surface area contributed by atoms with Crippen molar-refractivity contribution < 1.29 is 14.4 Å². The highest BCUT2D eigenvalue weighted by Crippen LogP contribution is 2.11. The fourth-order valence-corrected chi connectivity index (χ4v) is 2.00. The molecular formula is C12H21N3O3. The Morgan fingerprint density at radius 1 is 1.50 bits per heavy atom. The monoisotopic (exact) mass is 255 g/mol. The summed E-state index contributed by atoms with van der Waals surface area (Å²) in [5, 5.41) is 5.82. The number of piperidine rings is 1. The average molecular weight is 255 g/mol. The van der Waals surface area contributed by atoms with Crippen LogP contribution in [0.15, 0.2) is 0 Å². The molecule has 2 atom stereocenters. The fourth-order valence-electron chi connectivity index (χ4n) is 2.00. The van der Waals surface area contributed by atoms with Gasteiger partial charge >= 0.3 is 0 Å². The van der Waals surface area contributed by atoms with E-state index in [0.717, 1.165) is 11.4 Å². The molecule has 0 radical (unpaired) electrons. The molecular weight excluding hydrogens is 234 g/mol. The standard InChI is InChI=1S/C12H21N3O3/c1-4-13-8(2)7-10(16)14-9-5-6-11(17)15(3)12(9)18/h8-9,13H,4-7H2,1-3H3,(H,14,16). The van der Waals surface area contributed by atoms with Gasteiger partial charge in [-0.1, -0.05) is 6.92 Å². The van der Waals surface area contributed by atoms with Gasteiger partial charge in [0.15, 0.2) is 0 Å². The molecule has 3 amide bonds. The van der Waals surface area contributed by atoms with Crippen LogP contribution in [0.25, 0.3) is 0 Å². The number of hydrogen-bond acceptors (Lipinski definition) is 4. The van der Waals surface area contributed by atoms with Gasteiger partial charge in [0, 0.05) is 25.9 Å². The lowest BCUT2D eigenvalue weighted by Crippen LogP contribution is -2.53. The van der Waals surface area contributed by atoms with Crippen LogP contribution in [-0.2, 0) is 14.4 Å².